The molecule has 1 unspecified atom stereocenters. The van der Waals surface area contributed by atoms with E-state index in [1.165, 1.54) is 19.3 Å². The van der Waals surface area contributed by atoms with Crippen LogP contribution in [0.3, 0.4) is 0 Å². The highest BCUT2D eigenvalue weighted by molar-refractivity contribution is 5.94. The van der Waals surface area contributed by atoms with Crippen molar-refractivity contribution in [2.75, 3.05) is 6.54 Å². The summed E-state index contributed by atoms with van der Waals surface area (Å²) >= 11 is 0. The zero-order chi connectivity index (χ0) is 13.3. The number of amides is 1. The number of hydrogen-bond acceptors (Lipinski definition) is 3. The van der Waals surface area contributed by atoms with Crippen molar-refractivity contribution in [1.29, 1.82) is 0 Å². The van der Waals surface area contributed by atoms with E-state index in [1.54, 1.807) is 12.3 Å². The Balaban J connectivity index is 1.63. The molecule has 4 nitrogen and oxygen atoms in total. The van der Waals surface area contributed by atoms with Gasteiger partial charge in [-0.15, -0.1) is 0 Å². The highest BCUT2D eigenvalue weighted by atomic mass is 16.1. The number of rotatable bonds is 2. The van der Waals surface area contributed by atoms with E-state index in [0.717, 1.165) is 25.1 Å². The number of aromatic nitrogens is 1. The van der Waals surface area contributed by atoms with Gasteiger partial charge in [0.2, 0.25) is 0 Å². The van der Waals surface area contributed by atoms with E-state index < -0.39 is 0 Å². The number of nitrogens with one attached hydrogen (secondary N) is 2. The summed E-state index contributed by atoms with van der Waals surface area (Å²) in [7, 11) is 0. The van der Waals surface area contributed by atoms with Crippen LogP contribution in [0.1, 0.15) is 48.2 Å². The first-order chi connectivity index (χ1) is 9.17. The van der Waals surface area contributed by atoms with Crippen molar-refractivity contribution in [3.05, 3.63) is 29.6 Å². The minimum absolute atomic E-state index is 0.0341. The average molecular weight is 259 g/mol. The van der Waals surface area contributed by atoms with Gasteiger partial charge in [0.25, 0.3) is 5.91 Å². The summed E-state index contributed by atoms with van der Waals surface area (Å²) in [6.07, 6.45) is 7.62. The molecule has 102 valence electrons. The molecule has 0 radical (unpaired) electrons. The van der Waals surface area contributed by atoms with Crippen molar-refractivity contribution in [2.45, 2.75) is 50.6 Å². The zero-order valence-electron chi connectivity index (χ0n) is 11.4. The molecule has 1 atom stereocenters. The number of carbonyl (C=O) groups excluding carboxylic acids is 1. The summed E-state index contributed by atoms with van der Waals surface area (Å²) < 4.78 is 0. The van der Waals surface area contributed by atoms with Crippen molar-refractivity contribution >= 4 is 5.91 Å². The lowest BCUT2D eigenvalue weighted by Crippen LogP contribution is -2.59. The van der Waals surface area contributed by atoms with Crippen molar-refractivity contribution in [1.82, 2.24) is 15.6 Å². The Morgan fingerprint density at radius 2 is 2.37 bits per heavy atom. The Bertz CT molecular complexity index is 482. The third kappa shape index (κ3) is 2.63. The van der Waals surface area contributed by atoms with Crippen LogP contribution in [0.2, 0.25) is 0 Å². The van der Waals surface area contributed by atoms with E-state index in [1.807, 2.05) is 13.0 Å². The second kappa shape index (κ2) is 4.93. The normalized spacial score (nSPS) is 24.8. The van der Waals surface area contributed by atoms with E-state index in [0.29, 0.717) is 17.1 Å². The van der Waals surface area contributed by atoms with Crippen molar-refractivity contribution in [3.63, 3.8) is 0 Å². The van der Waals surface area contributed by atoms with Crippen molar-refractivity contribution in [3.8, 4) is 0 Å². The molecule has 2 heterocycles. The molecule has 1 saturated heterocycles. The number of piperidine rings is 1. The molecule has 3 rings (SSSR count). The Morgan fingerprint density at radius 1 is 1.53 bits per heavy atom. The van der Waals surface area contributed by atoms with E-state index in [9.17, 15) is 4.79 Å². The first-order valence-corrected chi connectivity index (χ1v) is 7.15. The quantitative estimate of drug-likeness (QED) is 0.851. The molecule has 2 aliphatic rings. The lowest BCUT2D eigenvalue weighted by molar-refractivity contribution is 0.0853. The smallest absolute Gasteiger partial charge is 0.251 e. The molecule has 2 N–H and O–H groups in total. The molecule has 0 bridgehead atoms. The summed E-state index contributed by atoms with van der Waals surface area (Å²) in [6.45, 7) is 2.92. The van der Waals surface area contributed by atoms with Crippen LogP contribution in [0.5, 0.6) is 0 Å². The minimum Gasteiger partial charge on any atom is -0.349 e. The Labute approximate surface area is 114 Å². The monoisotopic (exact) mass is 259 g/mol. The lowest BCUT2D eigenvalue weighted by atomic mass is 9.70. The molecule has 19 heavy (non-hydrogen) atoms. The number of pyridine rings is 1. The topological polar surface area (TPSA) is 54.0 Å². The largest absolute Gasteiger partial charge is 0.349 e. The number of hydrogen-bond donors (Lipinski definition) is 2. The van der Waals surface area contributed by atoms with E-state index in [2.05, 4.69) is 15.6 Å². The number of aryl methyl sites for hydroxylation is 1. The van der Waals surface area contributed by atoms with Gasteiger partial charge in [-0.05, 0) is 57.7 Å². The fourth-order valence-electron chi connectivity index (χ4n) is 3.22. The minimum atomic E-state index is 0.0341. The molecule has 1 aliphatic heterocycles. The highest BCUT2D eigenvalue weighted by Crippen LogP contribution is 2.38. The van der Waals surface area contributed by atoms with Crippen LogP contribution in [0.25, 0.3) is 0 Å². The maximum Gasteiger partial charge on any atom is 0.251 e. The molecular formula is C15H21N3O. The fourth-order valence-corrected chi connectivity index (χ4v) is 3.22. The van der Waals surface area contributed by atoms with Crippen LogP contribution < -0.4 is 10.6 Å². The molecule has 4 heteroatoms. The maximum absolute atomic E-state index is 12.2. The third-order valence-electron chi connectivity index (χ3n) is 4.43. The predicted molar refractivity (Wildman–Crippen MR) is 74.0 cm³/mol. The number of carbonyl (C=O) groups is 1. The maximum atomic E-state index is 12.2. The van der Waals surface area contributed by atoms with Gasteiger partial charge < -0.3 is 10.6 Å². The Hall–Kier alpha value is -1.42. The summed E-state index contributed by atoms with van der Waals surface area (Å²) in [4.78, 5) is 16.3. The van der Waals surface area contributed by atoms with Gasteiger partial charge in [0, 0.05) is 29.0 Å². The standard InChI is InChI=1S/C15H21N3O/c1-11-9-12(3-7-16-11)14(19)18-13-4-8-17-15(10-13)5-2-6-15/h3,7,9,13,17H,2,4-6,8,10H2,1H3,(H,18,19). The second-order valence-electron chi connectivity index (χ2n) is 5.91. The van der Waals surface area contributed by atoms with Gasteiger partial charge >= 0.3 is 0 Å². The van der Waals surface area contributed by atoms with Gasteiger partial charge in [-0.3, -0.25) is 9.78 Å². The molecule has 1 spiro atoms. The number of nitrogens with zero attached hydrogens (tertiary/aromatic N) is 1. The van der Waals surface area contributed by atoms with Crippen molar-refractivity contribution < 1.29 is 4.79 Å². The van der Waals surface area contributed by atoms with Gasteiger partial charge in [0.1, 0.15) is 0 Å². The first-order valence-electron chi connectivity index (χ1n) is 7.15. The van der Waals surface area contributed by atoms with E-state index in [4.69, 9.17) is 0 Å². The van der Waals surface area contributed by atoms with Crippen LogP contribution >= 0.6 is 0 Å². The lowest BCUT2D eigenvalue weighted by Gasteiger charge is -2.48. The van der Waals surface area contributed by atoms with Gasteiger partial charge in [0.05, 0.1) is 0 Å². The van der Waals surface area contributed by atoms with Gasteiger partial charge in [-0.25, -0.2) is 0 Å². The van der Waals surface area contributed by atoms with E-state index >= 15 is 0 Å². The summed E-state index contributed by atoms with van der Waals surface area (Å²) in [5.41, 5.74) is 1.92. The summed E-state index contributed by atoms with van der Waals surface area (Å²) in [5, 5.41) is 6.80. The molecule has 1 saturated carbocycles. The molecule has 1 aromatic rings. The summed E-state index contributed by atoms with van der Waals surface area (Å²) in [6, 6.07) is 3.93. The van der Waals surface area contributed by atoms with Crippen LogP contribution in [-0.2, 0) is 0 Å². The Morgan fingerprint density at radius 3 is 3.05 bits per heavy atom. The molecule has 1 amide bonds. The molecule has 2 fully saturated rings. The van der Waals surface area contributed by atoms with Crippen LogP contribution in [0.15, 0.2) is 18.3 Å². The van der Waals surface area contributed by atoms with E-state index in [-0.39, 0.29) is 5.91 Å². The van der Waals surface area contributed by atoms with Gasteiger partial charge in [-0.1, -0.05) is 0 Å². The predicted octanol–water partition coefficient (Wildman–Crippen LogP) is 1.79. The Kier molecular flexibility index (Phi) is 3.27. The average Bonchev–Trinajstić information content (AvgIpc) is 2.37. The van der Waals surface area contributed by atoms with Gasteiger partial charge in [0.15, 0.2) is 0 Å². The molecular weight excluding hydrogens is 238 g/mol. The van der Waals surface area contributed by atoms with Crippen LogP contribution in [0, 0.1) is 6.92 Å². The highest BCUT2D eigenvalue weighted by Gasteiger charge is 2.41. The first kappa shape index (κ1) is 12.6. The van der Waals surface area contributed by atoms with Crippen LogP contribution in [-0.4, -0.2) is 29.0 Å². The fraction of sp³-hybridized carbons (Fsp3) is 0.600. The molecule has 1 aliphatic carbocycles. The van der Waals surface area contributed by atoms with Crippen molar-refractivity contribution in [2.24, 2.45) is 0 Å². The van der Waals surface area contributed by atoms with Gasteiger partial charge in [-0.2, -0.15) is 0 Å². The third-order valence-corrected chi connectivity index (χ3v) is 4.43. The zero-order valence-corrected chi connectivity index (χ0v) is 11.4. The van der Waals surface area contributed by atoms with Crippen LogP contribution in [0.4, 0.5) is 0 Å². The summed E-state index contributed by atoms with van der Waals surface area (Å²) in [5.74, 6) is 0.0341. The molecule has 0 aromatic carbocycles. The molecule has 1 aromatic heterocycles. The second-order valence-corrected chi connectivity index (χ2v) is 5.91. The SMILES string of the molecule is Cc1cc(C(=O)NC2CCNC3(CCC3)C2)ccn1.